The molecule has 0 atom stereocenters. The zero-order chi connectivity index (χ0) is 15.2. The monoisotopic (exact) mass is 302 g/mol. The molecule has 0 aliphatic rings. The van der Waals surface area contributed by atoms with Gasteiger partial charge in [-0.15, -0.1) is 11.3 Å². The van der Waals surface area contributed by atoms with Crippen LogP contribution in [0.2, 0.25) is 0 Å². The number of aliphatic carboxylic acids is 1. The standard InChI is InChI=1S/C17H18O3S/c1-12(2)15-5-3-4-6-16(15)20-11-14-8-7-13(21-14)9-10-17(18)19/h3-10,12H,11H2,1-2H3,(H,18,19). The number of hydrogen-bond donors (Lipinski definition) is 1. The van der Waals surface area contributed by atoms with E-state index in [1.165, 1.54) is 16.9 Å². The Balaban J connectivity index is 2.02. The van der Waals surface area contributed by atoms with E-state index in [0.717, 1.165) is 21.6 Å². The van der Waals surface area contributed by atoms with Gasteiger partial charge in [0.05, 0.1) is 0 Å². The highest BCUT2D eigenvalue weighted by Crippen LogP contribution is 2.27. The van der Waals surface area contributed by atoms with Crippen molar-refractivity contribution in [1.29, 1.82) is 0 Å². The van der Waals surface area contributed by atoms with Crippen LogP contribution in [0.3, 0.4) is 0 Å². The van der Waals surface area contributed by atoms with E-state index in [9.17, 15) is 4.79 Å². The normalized spacial score (nSPS) is 11.2. The van der Waals surface area contributed by atoms with E-state index in [4.69, 9.17) is 9.84 Å². The minimum Gasteiger partial charge on any atom is -0.488 e. The summed E-state index contributed by atoms with van der Waals surface area (Å²) in [5.74, 6) is 0.384. The van der Waals surface area contributed by atoms with Gasteiger partial charge in [0, 0.05) is 15.8 Å². The average Bonchev–Trinajstić information content (AvgIpc) is 2.91. The van der Waals surface area contributed by atoms with Crippen LogP contribution in [0.25, 0.3) is 6.08 Å². The first-order valence-corrected chi connectivity index (χ1v) is 7.59. The molecule has 0 amide bonds. The molecule has 4 heteroatoms. The first kappa shape index (κ1) is 15.3. The van der Waals surface area contributed by atoms with Gasteiger partial charge in [-0.3, -0.25) is 0 Å². The summed E-state index contributed by atoms with van der Waals surface area (Å²) in [6.07, 6.45) is 2.74. The van der Waals surface area contributed by atoms with E-state index in [1.54, 1.807) is 6.08 Å². The van der Waals surface area contributed by atoms with Gasteiger partial charge in [0.1, 0.15) is 12.4 Å². The fraction of sp³-hybridized carbons (Fsp3) is 0.235. The summed E-state index contributed by atoms with van der Waals surface area (Å²) in [4.78, 5) is 12.5. The first-order valence-electron chi connectivity index (χ1n) is 6.77. The Morgan fingerprint density at radius 2 is 2.05 bits per heavy atom. The lowest BCUT2D eigenvalue weighted by Gasteiger charge is -2.13. The highest BCUT2D eigenvalue weighted by atomic mass is 32.1. The van der Waals surface area contributed by atoms with Crippen LogP contribution in [0.1, 0.15) is 35.1 Å². The molecule has 0 aliphatic heterocycles. The van der Waals surface area contributed by atoms with Gasteiger partial charge in [0.2, 0.25) is 0 Å². The van der Waals surface area contributed by atoms with Gasteiger partial charge in [-0.05, 0) is 35.8 Å². The molecule has 1 aromatic heterocycles. The molecule has 0 spiro atoms. The maximum Gasteiger partial charge on any atom is 0.328 e. The number of thiophene rings is 1. The van der Waals surface area contributed by atoms with Crippen molar-refractivity contribution in [2.45, 2.75) is 26.4 Å². The second-order valence-corrected chi connectivity index (χ2v) is 6.16. The summed E-state index contributed by atoms with van der Waals surface area (Å²) in [6, 6.07) is 11.9. The molecule has 1 aromatic carbocycles. The fourth-order valence-corrected chi connectivity index (χ4v) is 2.78. The number of carbonyl (C=O) groups is 1. The summed E-state index contributed by atoms with van der Waals surface area (Å²) in [5.41, 5.74) is 1.19. The number of benzene rings is 1. The van der Waals surface area contributed by atoms with Crippen molar-refractivity contribution < 1.29 is 14.6 Å². The number of rotatable bonds is 6. The van der Waals surface area contributed by atoms with Crippen LogP contribution in [0, 0.1) is 0 Å². The molecule has 1 N–H and O–H groups in total. The third kappa shape index (κ3) is 4.46. The molecule has 0 saturated heterocycles. The molecule has 2 rings (SSSR count). The lowest BCUT2D eigenvalue weighted by molar-refractivity contribution is -0.131. The summed E-state index contributed by atoms with van der Waals surface area (Å²) >= 11 is 1.53. The van der Waals surface area contributed by atoms with Crippen molar-refractivity contribution in [3.8, 4) is 5.75 Å². The molecule has 0 saturated carbocycles. The number of carboxylic acids is 1. The SMILES string of the molecule is CC(C)c1ccccc1OCc1ccc(C=CC(=O)O)s1. The van der Waals surface area contributed by atoms with Crippen molar-refractivity contribution in [1.82, 2.24) is 0 Å². The summed E-state index contributed by atoms with van der Waals surface area (Å²) in [7, 11) is 0. The third-order valence-corrected chi connectivity index (χ3v) is 4.01. The predicted molar refractivity (Wildman–Crippen MR) is 85.9 cm³/mol. The highest BCUT2D eigenvalue weighted by Gasteiger charge is 2.07. The quantitative estimate of drug-likeness (QED) is 0.796. The Kier molecular flexibility index (Phi) is 5.17. The van der Waals surface area contributed by atoms with E-state index in [0.29, 0.717) is 12.5 Å². The molecule has 0 fully saturated rings. The van der Waals surface area contributed by atoms with Crippen LogP contribution >= 0.6 is 11.3 Å². The molecular formula is C17H18O3S. The van der Waals surface area contributed by atoms with E-state index in [2.05, 4.69) is 19.9 Å². The molecule has 21 heavy (non-hydrogen) atoms. The van der Waals surface area contributed by atoms with Gasteiger partial charge in [0.25, 0.3) is 0 Å². The average molecular weight is 302 g/mol. The van der Waals surface area contributed by atoms with Crippen LogP contribution in [0.15, 0.2) is 42.5 Å². The van der Waals surface area contributed by atoms with Crippen molar-refractivity contribution in [3.63, 3.8) is 0 Å². The number of ether oxygens (including phenoxy) is 1. The molecule has 0 bridgehead atoms. The summed E-state index contributed by atoms with van der Waals surface area (Å²) < 4.78 is 5.89. The van der Waals surface area contributed by atoms with Gasteiger partial charge < -0.3 is 9.84 Å². The van der Waals surface area contributed by atoms with E-state index in [-0.39, 0.29) is 0 Å². The second kappa shape index (κ2) is 7.09. The topological polar surface area (TPSA) is 46.5 Å². The molecule has 3 nitrogen and oxygen atoms in total. The Hall–Kier alpha value is -2.07. The van der Waals surface area contributed by atoms with Crippen molar-refractivity contribution in [2.24, 2.45) is 0 Å². The van der Waals surface area contributed by atoms with Crippen LogP contribution in [0.4, 0.5) is 0 Å². The van der Waals surface area contributed by atoms with Crippen molar-refractivity contribution >= 4 is 23.4 Å². The molecule has 0 aliphatic carbocycles. The molecule has 2 aromatic rings. The zero-order valence-electron chi connectivity index (χ0n) is 12.1. The maximum atomic E-state index is 10.5. The van der Waals surface area contributed by atoms with Crippen molar-refractivity contribution in [3.05, 3.63) is 57.8 Å². The van der Waals surface area contributed by atoms with Crippen LogP contribution in [0.5, 0.6) is 5.75 Å². The minimum atomic E-state index is -0.938. The Labute approximate surface area is 128 Å². The predicted octanol–water partition coefficient (Wildman–Crippen LogP) is 4.55. The summed E-state index contributed by atoms with van der Waals surface area (Å²) in [6.45, 7) is 4.78. The number of carboxylic acid groups (broad SMARTS) is 1. The largest absolute Gasteiger partial charge is 0.488 e. The van der Waals surface area contributed by atoms with Crippen molar-refractivity contribution in [2.75, 3.05) is 0 Å². The smallest absolute Gasteiger partial charge is 0.328 e. The molecule has 1 heterocycles. The number of para-hydroxylation sites is 1. The van der Waals surface area contributed by atoms with E-state index < -0.39 is 5.97 Å². The zero-order valence-corrected chi connectivity index (χ0v) is 12.9. The lowest BCUT2D eigenvalue weighted by Crippen LogP contribution is -1.98. The molecule has 0 radical (unpaired) electrons. The van der Waals surface area contributed by atoms with Crippen LogP contribution in [-0.4, -0.2) is 11.1 Å². The van der Waals surface area contributed by atoms with Gasteiger partial charge in [0.15, 0.2) is 0 Å². The molecule has 110 valence electrons. The minimum absolute atomic E-state index is 0.415. The van der Waals surface area contributed by atoms with Gasteiger partial charge in [-0.1, -0.05) is 32.0 Å². The maximum absolute atomic E-state index is 10.5. The lowest BCUT2D eigenvalue weighted by atomic mass is 10.0. The molecule has 0 unspecified atom stereocenters. The Morgan fingerprint density at radius 3 is 2.76 bits per heavy atom. The van der Waals surface area contributed by atoms with Crippen LogP contribution < -0.4 is 4.74 Å². The molecular weight excluding hydrogens is 284 g/mol. The van der Waals surface area contributed by atoms with Gasteiger partial charge in [-0.25, -0.2) is 4.79 Å². The van der Waals surface area contributed by atoms with Crippen LogP contribution in [-0.2, 0) is 11.4 Å². The third-order valence-electron chi connectivity index (χ3n) is 2.98. The Bertz CT molecular complexity index is 641. The first-order chi connectivity index (χ1) is 10.1. The van der Waals surface area contributed by atoms with E-state index >= 15 is 0 Å². The number of hydrogen-bond acceptors (Lipinski definition) is 3. The second-order valence-electron chi connectivity index (χ2n) is 4.96. The van der Waals surface area contributed by atoms with E-state index in [1.807, 2.05) is 30.3 Å². The van der Waals surface area contributed by atoms with Gasteiger partial charge >= 0.3 is 5.97 Å². The summed E-state index contributed by atoms with van der Waals surface area (Å²) in [5, 5.41) is 8.61. The fourth-order valence-electron chi connectivity index (χ4n) is 1.95. The highest BCUT2D eigenvalue weighted by molar-refractivity contribution is 7.12. The Morgan fingerprint density at radius 1 is 1.29 bits per heavy atom. The van der Waals surface area contributed by atoms with Gasteiger partial charge in [-0.2, -0.15) is 0 Å².